The van der Waals surface area contributed by atoms with E-state index in [2.05, 4.69) is 4.98 Å². The van der Waals surface area contributed by atoms with Gasteiger partial charge in [0.1, 0.15) is 11.9 Å². The monoisotopic (exact) mass is 454 g/mol. The van der Waals surface area contributed by atoms with Crippen LogP contribution in [0.1, 0.15) is 42.6 Å². The number of aromatic nitrogens is 1. The van der Waals surface area contributed by atoms with Gasteiger partial charge in [0.2, 0.25) is 12.7 Å². The molecule has 7 nitrogen and oxygen atoms in total. The Balaban J connectivity index is 1.77. The molecule has 0 bridgehead atoms. The van der Waals surface area contributed by atoms with Crippen LogP contribution in [0, 0.1) is 0 Å². The molecule has 0 saturated heterocycles. The molecule has 1 aromatic heterocycles. The smallest absolute Gasteiger partial charge is 0.329 e. The maximum atomic E-state index is 13.2. The van der Waals surface area contributed by atoms with Crippen molar-refractivity contribution in [2.45, 2.75) is 31.8 Å². The molecule has 2 aliphatic rings. The number of fused-ring (bicyclic) bond motifs is 4. The molecular weight excluding hydrogens is 432 g/mol. The number of nitrogens with zero attached hydrogens (tertiary/aromatic N) is 1. The highest BCUT2D eigenvalue weighted by Crippen LogP contribution is 2.48. The first-order chi connectivity index (χ1) is 15.5. The summed E-state index contributed by atoms with van der Waals surface area (Å²) in [5.74, 6) is -0.0859. The summed E-state index contributed by atoms with van der Waals surface area (Å²) in [7, 11) is 0. The van der Waals surface area contributed by atoms with E-state index in [4.69, 9.17) is 25.8 Å². The third kappa shape index (κ3) is 3.11. The number of nitrogens with one attached hydrogen (secondary N) is 1. The number of esters is 1. The van der Waals surface area contributed by atoms with E-state index in [1.807, 2.05) is 49.4 Å². The molecule has 3 heterocycles. The lowest BCUT2D eigenvalue weighted by Gasteiger charge is -2.44. The summed E-state index contributed by atoms with van der Waals surface area (Å²) < 4.78 is 16.4. The minimum Gasteiger partial charge on any atom is -0.464 e. The highest BCUT2D eigenvalue weighted by Gasteiger charge is 2.48. The third-order valence-corrected chi connectivity index (χ3v) is 6.43. The lowest BCUT2D eigenvalue weighted by Crippen LogP contribution is -2.54. The molecule has 166 valence electrons. The van der Waals surface area contributed by atoms with E-state index < -0.39 is 18.1 Å². The number of amides is 1. The summed E-state index contributed by atoms with van der Waals surface area (Å²) in [4.78, 5) is 31.4. The van der Waals surface area contributed by atoms with Crippen molar-refractivity contribution in [2.75, 3.05) is 19.3 Å². The molecule has 2 aromatic carbocycles. The van der Waals surface area contributed by atoms with Gasteiger partial charge in [0, 0.05) is 22.5 Å². The van der Waals surface area contributed by atoms with E-state index in [9.17, 15) is 9.59 Å². The van der Waals surface area contributed by atoms with Gasteiger partial charge >= 0.3 is 5.97 Å². The molecule has 0 saturated carbocycles. The molecular formula is C24H23ClN2O5. The van der Waals surface area contributed by atoms with Crippen LogP contribution >= 0.6 is 11.6 Å². The Hall–Kier alpha value is -3.19. The van der Waals surface area contributed by atoms with Crippen LogP contribution in [-0.2, 0) is 14.3 Å². The Morgan fingerprint density at radius 3 is 2.75 bits per heavy atom. The number of benzene rings is 2. The third-order valence-electron chi connectivity index (χ3n) is 6.20. The number of halogens is 1. The van der Waals surface area contributed by atoms with Gasteiger partial charge in [-0.1, -0.05) is 31.2 Å². The summed E-state index contributed by atoms with van der Waals surface area (Å²) >= 11 is 6.03. The molecule has 3 atom stereocenters. The Morgan fingerprint density at radius 1 is 1.19 bits per heavy atom. The number of para-hydroxylation sites is 1. The molecule has 1 amide bonds. The van der Waals surface area contributed by atoms with Gasteiger partial charge in [-0.05, 0) is 36.2 Å². The number of H-pyrrole nitrogens is 1. The highest BCUT2D eigenvalue weighted by molar-refractivity contribution is 6.27. The van der Waals surface area contributed by atoms with E-state index in [-0.39, 0.29) is 31.1 Å². The summed E-state index contributed by atoms with van der Waals surface area (Å²) in [5.41, 5.74) is 3.59. The zero-order valence-corrected chi connectivity index (χ0v) is 18.5. The quantitative estimate of drug-likeness (QED) is 0.474. The predicted octanol–water partition coefficient (Wildman–Crippen LogP) is 4.10. The molecule has 0 unspecified atom stereocenters. The lowest BCUT2D eigenvalue weighted by molar-refractivity contribution is -0.157. The van der Waals surface area contributed by atoms with Crippen LogP contribution in [-0.4, -0.2) is 47.1 Å². The van der Waals surface area contributed by atoms with E-state index in [1.54, 1.807) is 11.8 Å². The van der Waals surface area contributed by atoms with Crippen molar-refractivity contribution in [3.63, 3.8) is 0 Å². The molecule has 0 fully saturated rings. The lowest BCUT2D eigenvalue weighted by atomic mass is 9.81. The van der Waals surface area contributed by atoms with Crippen molar-refractivity contribution in [1.29, 1.82) is 0 Å². The fraction of sp³-hybridized carbons (Fsp3) is 0.333. The minimum atomic E-state index is -0.816. The average molecular weight is 455 g/mol. The normalized spacial score (nSPS) is 21.5. The number of hydrogen-bond donors (Lipinski definition) is 1. The standard InChI is InChI=1S/C24H23ClN2O5/c1-3-30-24(29)22-13(2)20-15-6-4-5-7-16(15)26-21(20)23(27(22)19(28)11-25)14-8-9-17-18(10-14)32-12-31-17/h4-10,13,22-23,26H,3,11-12H2,1-2H3/t13-,22-,23+/m1/s1. The van der Waals surface area contributed by atoms with Crippen LogP contribution in [0.25, 0.3) is 10.9 Å². The number of ether oxygens (including phenoxy) is 3. The number of carbonyl (C=O) groups excluding carboxylic acids is 2. The number of aromatic amines is 1. The fourth-order valence-corrected chi connectivity index (χ4v) is 5.05. The van der Waals surface area contributed by atoms with E-state index in [0.717, 1.165) is 27.7 Å². The van der Waals surface area contributed by atoms with Crippen molar-refractivity contribution in [2.24, 2.45) is 0 Å². The van der Waals surface area contributed by atoms with E-state index in [1.165, 1.54) is 0 Å². The Kier molecular flexibility index (Phi) is 5.21. The maximum Gasteiger partial charge on any atom is 0.329 e. The first-order valence-corrected chi connectivity index (χ1v) is 11.1. The molecule has 0 radical (unpaired) electrons. The van der Waals surface area contributed by atoms with Gasteiger partial charge in [-0.2, -0.15) is 0 Å². The Morgan fingerprint density at radius 2 is 1.97 bits per heavy atom. The van der Waals surface area contributed by atoms with E-state index >= 15 is 0 Å². The van der Waals surface area contributed by atoms with Crippen LogP contribution in [0.3, 0.4) is 0 Å². The number of rotatable bonds is 4. The van der Waals surface area contributed by atoms with Gasteiger partial charge in [0.25, 0.3) is 0 Å². The van der Waals surface area contributed by atoms with Gasteiger partial charge in [-0.25, -0.2) is 4.79 Å². The largest absolute Gasteiger partial charge is 0.464 e. The van der Waals surface area contributed by atoms with Crippen LogP contribution in [0.4, 0.5) is 0 Å². The molecule has 8 heteroatoms. The molecule has 1 N–H and O–H groups in total. The topological polar surface area (TPSA) is 80.9 Å². The van der Waals surface area contributed by atoms with Gasteiger partial charge in [-0.15, -0.1) is 11.6 Å². The average Bonchev–Trinajstić information content (AvgIpc) is 3.42. The summed E-state index contributed by atoms with van der Waals surface area (Å²) in [6, 6.07) is 12.1. The van der Waals surface area contributed by atoms with Gasteiger partial charge < -0.3 is 24.1 Å². The number of carbonyl (C=O) groups is 2. The van der Waals surface area contributed by atoms with Gasteiger partial charge in [-0.3, -0.25) is 4.79 Å². The van der Waals surface area contributed by atoms with Crippen molar-refractivity contribution < 1.29 is 23.8 Å². The second-order valence-electron chi connectivity index (χ2n) is 7.93. The molecule has 2 aliphatic heterocycles. The van der Waals surface area contributed by atoms with Gasteiger partial charge in [0.05, 0.1) is 12.6 Å². The van der Waals surface area contributed by atoms with Crippen molar-refractivity contribution in [1.82, 2.24) is 9.88 Å². The maximum absolute atomic E-state index is 13.2. The molecule has 0 aliphatic carbocycles. The molecule has 32 heavy (non-hydrogen) atoms. The summed E-state index contributed by atoms with van der Waals surface area (Å²) in [6.07, 6.45) is 0. The van der Waals surface area contributed by atoms with Crippen LogP contribution < -0.4 is 9.47 Å². The predicted molar refractivity (Wildman–Crippen MR) is 119 cm³/mol. The Labute approximate surface area is 190 Å². The van der Waals surface area contributed by atoms with Crippen LogP contribution in [0.5, 0.6) is 11.5 Å². The van der Waals surface area contributed by atoms with E-state index in [0.29, 0.717) is 11.5 Å². The summed E-state index contributed by atoms with van der Waals surface area (Å²) in [5, 5.41) is 1.02. The van der Waals surface area contributed by atoms with Crippen molar-refractivity contribution >= 4 is 34.4 Å². The Bertz CT molecular complexity index is 1210. The number of alkyl halides is 1. The number of hydrogen-bond acceptors (Lipinski definition) is 5. The molecule has 3 aromatic rings. The van der Waals surface area contributed by atoms with Crippen molar-refractivity contribution in [3.05, 3.63) is 59.3 Å². The second kappa shape index (κ2) is 8.06. The minimum absolute atomic E-state index is 0.147. The van der Waals surface area contributed by atoms with Gasteiger partial charge in [0.15, 0.2) is 11.5 Å². The summed E-state index contributed by atoms with van der Waals surface area (Å²) in [6.45, 7) is 4.07. The molecule has 0 spiro atoms. The SMILES string of the molecule is CCOC(=O)[C@H]1[C@H](C)c2c([nH]c3ccccc23)[C@H](c2ccc3c(c2)OCO3)N1C(=O)CCl. The zero-order valence-electron chi connectivity index (χ0n) is 17.8. The van der Waals surface area contributed by atoms with Crippen LogP contribution in [0.15, 0.2) is 42.5 Å². The fourth-order valence-electron chi connectivity index (χ4n) is 4.91. The first-order valence-electron chi connectivity index (χ1n) is 10.6. The zero-order chi connectivity index (χ0) is 22.4. The van der Waals surface area contributed by atoms with Crippen molar-refractivity contribution in [3.8, 4) is 11.5 Å². The second-order valence-corrected chi connectivity index (χ2v) is 8.20. The highest BCUT2D eigenvalue weighted by atomic mass is 35.5. The first kappa shape index (κ1) is 20.7. The van der Waals surface area contributed by atoms with Crippen LogP contribution in [0.2, 0.25) is 0 Å². The molecule has 5 rings (SSSR count).